The smallest absolute Gasteiger partial charge is 0.339 e. The Bertz CT molecular complexity index is 1040. The van der Waals surface area contributed by atoms with E-state index in [2.05, 4.69) is 5.32 Å². The molecule has 0 spiro atoms. The highest BCUT2D eigenvalue weighted by Crippen LogP contribution is 2.24. The molecule has 0 atom stereocenters. The first-order valence-electron chi connectivity index (χ1n) is 8.07. The van der Waals surface area contributed by atoms with E-state index in [1.165, 1.54) is 36.4 Å². The van der Waals surface area contributed by atoms with Crippen molar-refractivity contribution in [1.82, 2.24) is 5.32 Å². The molecule has 0 aliphatic carbocycles. The number of rotatable bonds is 6. The van der Waals surface area contributed by atoms with E-state index in [9.17, 15) is 13.2 Å². The van der Waals surface area contributed by atoms with Gasteiger partial charge in [-0.2, -0.15) is 8.42 Å². The molecule has 7 heteroatoms. The van der Waals surface area contributed by atoms with Crippen molar-refractivity contribution in [2.45, 2.75) is 11.4 Å². The van der Waals surface area contributed by atoms with Crippen LogP contribution in [0, 0.1) is 0 Å². The third kappa shape index (κ3) is 4.87. The third-order valence-corrected chi connectivity index (χ3v) is 5.23. The number of halogens is 1. The Morgan fingerprint density at radius 3 is 2.22 bits per heavy atom. The van der Waals surface area contributed by atoms with E-state index in [-0.39, 0.29) is 16.2 Å². The van der Waals surface area contributed by atoms with Crippen molar-refractivity contribution < 1.29 is 17.4 Å². The molecule has 3 rings (SSSR count). The Morgan fingerprint density at radius 2 is 1.52 bits per heavy atom. The van der Waals surface area contributed by atoms with Crippen molar-refractivity contribution in [2.24, 2.45) is 0 Å². The number of carbonyl (C=O) groups is 1. The fourth-order valence-corrected chi connectivity index (χ4v) is 3.44. The fraction of sp³-hybridized carbons (Fsp3) is 0.0500. The minimum Gasteiger partial charge on any atom is -0.378 e. The van der Waals surface area contributed by atoms with E-state index in [4.69, 9.17) is 15.8 Å². The molecule has 27 heavy (non-hydrogen) atoms. The molecule has 3 aromatic rings. The molecular weight excluding hydrogens is 386 g/mol. The molecule has 1 amide bonds. The van der Waals surface area contributed by atoms with Gasteiger partial charge in [-0.05, 0) is 42.0 Å². The summed E-state index contributed by atoms with van der Waals surface area (Å²) in [6.45, 7) is 0.317. The van der Waals surface area contributed by atoms with Crippen LogP contribution in [0.2, 0.25) is 5.02 Å². The fourth-order valence-electron chi connectivity index (χ4n) is 2.37. The minimum absolute atomic E-state index is 0.0435. The summed E-state index contributed by atoms with van der Waals surface area (Å²) in [5.74, 6) is -0.473. The van der Waals surface area contributed by atoms with Crippen LogP contribution in [0.4, 0.5) is 0 Å². The van der Waals surface area contributed by atoms with Crippen LogP contribution in [-0.2, 0) is 16.7 Å². The minimum atomic E-state index is -4.09. The van der Waals surface area contributed by atoms with Crippen molar-refractivity contribution >= 4 is 27.6 Å². The molecule has 0 aliphatic rings. The Balaban J connectivity index is 1.79. The lowest BCUT2D eigenvalue weighted by atomic mass is 10.1. The van der Waals surface area contributed by atoms with E-state index >= 15 is 0 Å². The SMILES string of the molecule is O=C(NCc1ccccc1)c1ccccc1OS(=O)(=O)c1ccc(Cl)cc1. The van der Waals surface area contributed by atoms with Gasteiger partial charge < -0.3 is 9.50 Å². The lowest BCUT2D eigenvalue weighted by molar-refractivity contribution is 0.0949. The van der Waals surface area contributed by atoms with Gasteiger partial charge in [-0.1, -0.05) is 54.1 Å². The van der Waals surface area contributed by atoms with Crippen LogP contribution in [0.15, 0.2) is 83.8 Å². The predicted molar refractivity (Wildman–Crippen MR) is 103 cm³/mol. The molecule has 0 aliphatic heterocycles. The van der Waals surface area contributed by atoms with Crippen LogP contribution in [-0.4, -0.2) is 14.3 Å². The van der Waals surface area contributed by atoms with E-state index in [0.29, 0.717) is 11.6 Å². The zero-order chi connectivity index (χ0) is 19.3. The Labute approximate surface area is 162 Å². The second-order valence-corrected chi connectivity index (χ2v) is 7.64. The van der Waals surface area contributed by atoms with E-state index in [1.807, 2.05) is 30.3 Å². The van der Waals surface area contributed by atoms with Gasteiger partial charge in [-0.3, -0.25) is 4.79 Å². The lowest BCUT2D eigenvalue weighted by Gasteiger charge is -2.12. The number of benzene rings is 3. The maximum atomic E-state index is 12.5. The maximum absolute atomic E-state index is 12.5. The topological polar surface area (TPSA) is 72.5 Å². The quantitative estimate of drug-likeness (QED) is 0.633. The molecule has 0 radical (unpaired) electrons. The number of para-hydroxylation sites is 1. The highest BCUT2D eigenvalue weighted by atomic mass is 35.5. The highest BCUT2D eigenvalue weighted by molar-refractivity contribution is 7.87. The summed E-state index contributed by atoms with van der Waals surface area (Å²) in [6.07, 6.45) is 0. The molecule has 0 aromatic heterocycles. The van der Waals surface area contributed by atoms with E-state index in [1.54, 1.807) is 12.1 Å². The van der Waals surface area contributed by atoms with Crippen LogP contribution < -0.4 is 9.50 Å². The largest absolute Gasteiger partial charge is 0.378 e. The average Bonchev–Trinajstić information content (AvgIpc) is 2.67. The van der Waals surface area contributed by atoms with Crippen LogP contribution >= 0.6 is 11.6 Å². The van der Waals surface area contributed by atoms with Gasteiger partial charge in [-0.15, -0.1) is 0 Å². The summed E-state index contributed by atoms with van der Waals surface area (Å²) in [6, 6.07) is 21.2. The number of hydrogen-bond donors (Lipinski definition) is 1. The van der Waals surface area contributed by atoms with Crippen molar-refractivity contribution in [3.05, 3.63) is 95.0 Å². The molecule has 0 saturated carbocycles. The zero-order valence-electron chi connectivity index (χ0n) is 14.1. The van der Waals surface area contributed by atoms with Crippen LogP contribution in [0.5, 0.6) is 5.75 Å². The van der Waals surface area contributed by atoms with E-state index < -0.39 is 16.0 Å². The van der Waals surface area contributed by atoms with Crippen molar-refractivity contribution in [2.75, 3.05) is 0 Å². The molecular formula is C20H16ClNO4S. The Hall–Kier alpha value is -2.83. The molecule has 0 saturated heterocycles. The molecule has 0 unspecified atom stereocenters. The number of nitrogens with one attached hydrogen (secondary N) is 1. The van der Waals surface area contributed by atoms with Crippen LogP contribution in [0.1, 0.15) is 15.9 Å². The summed E-state index contributed by atoms with van der Waals surface area (Å²) < 4.78 is 30.1. The van der Waals surface area contributed by atoms with Gasteiger partial charge in [0, 0.05) is 11.6 Å². The lowest BCUT2D eigenvalue weighted by Crippen LogP contribution is -2.24. The van der Waals surface area contributed by atoms with Gasteiger partial charge in [0.05, 0.1) is 5.56 Å². The Kier molecular flexibility index (Phi) is 5.78. The first kappa shape index (κ1) is 18.9. The van der Waals surface area contributed by atoms with E-state index in [0.717, 1.165) is 5.56 Å². The van der Waals surface area contributed by atoms with Crippen LogP contribution in [0.3, 0.4) is 0 Å². The summed E-state index contributed by atoms with van der Waals surface area (Å²) in [7, 11) is -4.09. The van der Waals surface area contributed by atoms with Gasteiger partial charge in [0.2, 0.25) is 0 Å². The van der Waals surface area contributed by atoms with Crippen molar-refractivity contribution in [1.29, 1.82) is 0 Å². The van der Waals surface area contributed by atoms with Gasteiger partial charge in [-0.25, -0.2) is 0 Å². The summed E-state index contributed by atoms with van der Waals surface area (Å²) in [5, 5.41) is 3.17. The summed E-state index contributed by atoms with van der Waals surface area (Å²) in [5.41, 5.74) is 1.06. The molecule has 138 valence electrons. The number of hydrogen-bond acceptors (Lipinski definition) is 4. The zero-order valence-corrected chi connectivity index (χ0v) is 15.7. The highest BCUT2D eigenvalue weighted by Gasteiger charge is 2.20. The summed E-state index contributed by atoms with van der Waals surface area (Å²) in [4.78, 5) is 12.5. The normalized spacial score (nSPS) is 11.0. The number of carbonyl (C=O) groups excluding carboxylic acids is 1. The molecule has 0 heterocycles. The van der Waals surface area contributed by atoms with Crippen molar-refractivity contribution in [3.8, 4) is 5.75 Å². The molecule has 0 bridgehead atoms. The van der Waals surface area contributed by atoms with Gasteiger partial charge in [0.15, 0.2) is 5.75 Å². The first-order chi connectivity index (χ1) is 13.0. The third-order valence-electron chi connectivity index (χ3n) is 3.73. The predicted octanol–water partition coefficient (Wildman–Crippen LogP) is 4.04. The molecule has 3 aromatic carbocycles. The van der Waals surface area contributed by atoms with Crippen molar-refractivity contribution in [3.63, 3.8) is 0 Å². The molecule has 1 N–H and O–H groups in total. The maximum Gasteiger partial charge on any atom is 0.339 e. The second kappa shape index (κ2) is 8.24. The standard InChI is InChI=1S/C20H16ClNO4S/c21-16-10-12-17(13-11-16)27(24,25)26-19-9-5-4-8-18(19)20(23)22-14-15-6-2-1-3-7-15/h1-13H,14H2,(H,22,23). The average molecular weight is 402 g/mol. The van der Waals surface area contributed by atoms with Gasteiger partial charge in [0.25, 0.3) is 5.91 Å². The van der Waals surface area contributed by atoms with Gasteiger partial charge in [0.1, 0.15) is 4.90 Å². The molecule has 0 fully saturated rings. The van der Waals surface area contributed by atoms with Crippen LogP contribution in [0.25, 0.3) is 0 Å². The number of amides is 1. The van der Waals surface area contributed by atoms with Gasteiger partial charge >= 0.3 is 10.1 Å². The Morgan fingerprint density at radius 1 is 0.889 bits per heavy atom. The molecule has 5 nitrogen and oxygen atoms in total. The monoisotopic (exact) mass is 401 g/mol. The summed E-state index contributed by atoms with van der Waals surface area (Å²) >= 11 is 5.79. The second-order valence-electron chi connectivity index (χ2n) is 5.66. The first-order valence-corrected chi connectivity index (χ1v) is 9.85.